The lowest BCUT2D eigenvalue weighted by molar-refractivity contribution is -0.384. The van der Waals surface area contributed by atoms with Crippen molar-refractivity contribution in [2.24, 2.45) is 0 Å². The summed E-state index contributed by atoms with van der Waals surface area (Å²) in [5, 5.41) is 10.9. The van der Waals surface area contributed by atoms with Crippen molar-refractivity contribution in [1.82, 2.24) is 0 Å². The zero-order chi connectivity index (χ0) is 15.0. The van der Waals surface area contributed by atoms with Crippen molar-refractivity contribution in [2.45, 2.75) is 13.3 Å². The van der Waals surface area contributed by atoms with Gasteiger partial charge in [0, 0.05) is 29.9 Å². The third-order valence-electron chi connectivity index (χ3n) is 3.75. The van der Waals surface area contributed by atoms with E-state index in [-0.39, 0.29) is 11.5 Å². The first-order chi connectivity index (χ1) is 10.1. The average molecular weight is 282 g/mol. The molecule has 0 spiro atoms. The Balaban J connectivity index is 2.11. The highest BCUT2D eigenvalue weighted by atomic mass is 16.6. The van der Waals surface area contributed by atoms with E-state index in [0.717, 1.165) is 24.3 Å². The molecule has 0 amide bonds. The van der Waals surface area contributed by atoms with Gasteiger partial charge in [0.05, 0.1) is 10.6 Å². The quantitative estimate of drug-likeness (QED) is 0.491. The largest absolute Gasteiger partial charge is 0.340 e. The van der Waals surface area contributed by atoms with Crippen molar-refractivity contribution >= 4 is 22.8 Å². The molecule has 2 aromatic carbocycles. The number of benzene rings is 2. The van der Waals surface area contributed by atoms with E-state index in [1.165, 1.54) is 24.6 Å². The molecule has 0 bridgehead atoms. The number of nitrogens with zero attached hydrogens (tertiary/aromatic N) is 2. The molecule has 1 heterocycles. The van der Waals surface area contributed by atoms with E-state index in [0.29, 0.717) is 5.56 Å². The van der Waals surface area contributed by atoms with E-state index < -0.39 is 4.92 Å². The molecular weight excluding hydrogens is 268 g/mol. The molecule has 0 aliphatic carbocycles. The molecule has 0 fully saturated rings. The normalized spacial score (nSPS) is 13.1. The summed E-state index contributed by atoms with van der Waals surface area (Å²) < 4.78 is 0. The van der Waals surface area contributed by atoms with Gasteiger partial charge in [-0.25, -0.2) is 0 Å². The Bertz CT molecular complexity index is 740. The molecule has 2 aromatic rings. The van der Waals surface area contributed by atoms with Gasteiger partial charge in [-0.3, -0.25) is 14.9 Å². The van der Waals surface area contributed by atoms with Crippen LogP contribution in [0.3, 0.4) is 0 Å². The Morgan fingerprint density at radius 1 is 1.19 bits per heavy atom. The number of non-ortho nitro benzene ring substituents is 1. The molecule has 0 radical (unpaired) electrons. The number of carbonyl (C=O) groups is 1. The topological polar surface area (TPSA) is 63.4 Å². The van der Waals surface area contributed by atoms with E-state index in [9.17, 15) is 14.9 Å². The molecular formula is C16H14N2O3. The van der Waals surface area contributed by atoms with Crippen molar-refractivity contribution < 1.29 is 9.72 Å². The molecule has 5 heteroatoms. The lowest BCUT2D eigenvalue weighted by atomic mass is 10.1. The highest BCUT2D eigenvalue weighted by Crippen LogP contribution is 2.37. The molecule has 0 N–H and O–H groups in total. The van der Waals surface area contributed by atoms with Crippen LogP contribution >= 0.6 is 0 Å². The maximum Gasteiger partial charge on any atom is 0.270 e. The summed E-state index contributed by atoms with van der Waals surface area (Å²) in [5.41, 5.74) is 3.36. The number of ketones is 1. The first-order valence-corrected chi connectivity index (χ1v) is 6.73. The lowest BCUT2D eigenvalue weighted by Gasteiger charge is -2.21. The number of nitro groups is 1. The van der Waals surface area contributed by atoms with E-state index in [1.807, 2.05) is 18.2 Å². The van der Waals surface area contributed by atoms with Crippen LogP contribution in [0, 0.1) is 10.1 Å². The van der Waals surface area contributed by atoms with Crippen LogP contribution in [0.15, 0.2) is 42.5 Å². The second-order valence-electron chi connectivity index (χ2n) is 5.05. The van der Waals surface area contributed by atoms with E-state index in [2.05, 4.69) is 11.0 Å². The summed E-state index contributed by atoms with van der Waals surface area (Å²) in [5.74, 6) is -0.168. The minimum absolute atomic E-state index is 0.0589. The van der Waals surface area contributed by atoms with Crippen LogP contribution < -0.4 is 4.90 Å². The molecule has 21 heavy (non-hydrogen) atoms. The van der Waals surface area contributed by atoms with Crippen LogP contribution in [0.25, 0.3) is 0 Å². The first kappa shape index (κ1) is 13.3. The SMILES string of the molecule is CC(=O)c1cc([N+](=O)[O-])ccc1N1CCc2ccccc21. The predicted molar refractivity (Wildman–Crippen MR) is 80.3 cm³/mol. The van der Waals surface area contributed by atoms with Gasteiger partial charge in [-0.2, -0.15) is 0 Å². The van der Waals surface area contributed by atoms with E-state index in [1.54, 1.807) is 6.07 Å². The second-order valence-corrected chi connectivity index (χ2v) is 5.05. The predicted octanol–water partition coefficient (Wildman–Crippen LogP) is 3.49. The van der Waals surface area contributed by atoms with Crippen LogP contribution in [-0.2, 0) is 6.42 Å². The Morgan fingerprint density at radius 3 is 2.67 bits per heavy atom. The zero-order valence-corrected chi connectivity index (χ0v) is 11.6. The number of para-hydroxylation sites is 1. The monoisotopic (exact) mass is 282 g/mol. The maximum absolute atomic E-state index is 11.9. The minimum Gasteiger partial charge on any atom is -0.340 e. The summed E-state index contributed by atoms with van der Waals surface area (Å²) >= 11 is 0. The summed E-state index contributed by atoms with van der Waals surface area (Å²) in [6.45, 7) is 2.21. The van der Waals surface area contributed by atoms with Crippen molar-refractivity contribution in [3.05, 3.63) is 63.7 Å². The van der Waals surface area contributed by atoms with Gasteiger partial charge in [0.15, 0.2) is 5.78 Å². The molecule has 5 nitrogen and oxygen atoms in total. The average Bonchev–Trinajstić information content (AvgIpc) is 2.90. The van der Waals surface area contributed by atoms with Crippen molar-refractivity contribution in [1.29, 1.82) is 0 Å². The Hall–Kier alpha value is -2.69. The molecule has 1 aliphatic heterocycles. The summed E-state index contributed by atoms with van der Waals surface area (Å²) in [4.78, 5) is 24.3. The number of Topliss-reactive ketones (excluding diaryl/α,β-unsaturated/α-hetero) is 1. The molecule has 0 saturated heterocycles. The van der Waals surface area contributed by atoms with Gasteiger partial charge < -0.3 is 4.90 Å². The van der Waals surface area contributed by atoms with Crippen LogP contribution in [0.5, 0.6) is 0 Å². The fraction of sp³-hybridized carbons (Fsp3) is 0.188. The molecule has 0 atom stereocenters. The highest BCUT2D eigenvalue weighted by Gasteiger charge is 2.24. The van der Waals surface area contributed by atoms with Crippen molar-refractivity contribution in [2.75, 3.05) is 11.4 Å². The van der Waals surface area contributed by atoms with Crippen LogP contribution in [0.2, 0.25) is 0 Å². The fourth-order valence-corrected chi connectivity index (χ4v) is 2.74. The zero-order valence-electron chi connectivity index (χ0n) is 11.6. The summed E-state index contributed by atoms with van der Waals surface area (Å²) in [6, 6.07) is 12.5. The Labute approximate surface area is 122 Å². The number of anilines is 2. The molecule has 106 valence electrons. The third-order valence-corrected chi connectivity index (χ3v) is 3.75. The van der Waals surface area contributed by atoms with E-state index in [4.69, 9.17) is 0 Å². The minimum atomic E-state index is -0.478. The summed E-state index contributed by atoms with van der Waals surface area (Å²) in [7, 11) is 0. The van der Waals surface area contributed by atoms with Gasteiger partial charge >= 0.3 is 0 Å². The lowest BCUT2D eigenvalue weighted by Crippen LogP contribution is -2.16. The van der Waals surface area contributed by atoms with Gasteiger partial charge in [-0.05, 0) is 31.0 Å². The fourth-order valence-electron chi connectivity index (χ4n) is 2.74. The maximum atomic E-state index is 11.9. The Kier molecular flexibility index (Phi) is 3.17. The van der Waals surface area contributed by atoms with Crippen LogP contribution in [-0.4, -0.2) is 17.3 Å². The molecule has 3 rings (SSSR count). The molecule has 0 aromatic heterocycles. The summed E-state index contributed by atoms with van der Waals surface area (Å²) in [6.07, 6.45) is 0.907. The van der Waals surface area contributed by atoms with E-state index >= 15 is 0 Å². The number of carbonyl (C=O) groups excluding carboxylic acids is 1. The number of nitro benzene ring substituents is 1. The van der Waals surface area contributed by atoms with Gasteiger partial charge in [0.25, 0.3) is 5.69 Å². The van der Waals surface area contributed by atoms with Gasteiger partial charge in [-0.15, -0.1) is 0 Å². The molecule has 0 saturated carbocycles. The molecule has 0 unspecified atom stereocenters. The number of fused-ring (bicyclic) bond motifs is 1. The smallest absolute Gasteiger partial charge is 0.270 e. The van der Waals surface area contributed by atoms with Gasteiger partial charge in [0.1, 0.15) is 0 Å². The third kappa shape index (κ3) is 2.27. The van der Waals surface area contributed by atoms with Gasteiger partial charge in [-0.1, -0.05) is 18.2 Å². The second kappa shape index (κ2) is 5.01. The van der Waals surface area contributed by atoms with Crippen LogP contribution in [0.4, 0.5) is 17.1 Å². The number of rotatable bonds is 3. The van der Waals surface area contributed by atoms with Crippen molar-refractivity contribution in [3.8, 4) is 0 Å². The van der Waals surface area contributed by atoms with Crippen LogP contribution in [0.1, 0.15) is 22.8 Å². The molecule has 1 aliphatic rings. The number of hydrogen-bond acceptors (Lipinski definition) is 4. The Morgan fingerprint density at radius 2 is 1.95 bits per heavy atom. The van der Waals surface area contributed by atoms with Crippen molar-refractivity contribution in [3.63, 3.8) is 0 Å². The standard InChI is InChI=1S/C16H14N2O3/c1-11(19)14-10-13(18(20)21)6-7-16(14)17-9-8-12-4-2-3-5-15(12)17/h2-7,10H,8-9H2,1H3. The highest BCUT2D eigenvalue weighted by molar-refractivity contribution is 6.01. The van der Waals surface area contributed by atoms with Gasteiger partial charge in [0.2, 0.25) is 0 Å². The number of hydrogen-bond donors (Lipinski definition) is 0. The first-order valence-electron chi connectivity index (χ1n) is 6.73.